The molecule has 4 nitrogen and oxygen atoms in total. The Hall–Kier alpha value is -0.580. The van der Waals surface area contributed by atoms with Crippen LogP contribution in [0.25, 0.3) is 0 Å². The van der Waals surface area contributed by atoms with Crippen LogP contribution in [0.4, 0.5) is 0 Å². The third-order valence-corrected chi connectivity index (χ3v) is 7.08. The van der Waals surface area contributed by atoms with Gasteiger partial charge in [0, 0.05) is 0 Å². The van der Waals surface area contributed by atoms with Crippen molar-refractivity contribution in [2.24, 2.45) is 17.8 Å². The zero-order chi connectivity index (χ0) is 14.2. The lowest BCUT2D eigenvalue weighted by molar-refractivity contribution is -0.155. The molecule has 0 aromatic carbocycles. The summed E-state index contributed by atoms with van der Waals surface area (Å²) in [5.41, 5.74) is 0. The summed E-state index contributed by atoms with van der Waals surface area (Å²) in [6.45, 7) is 0. The molecule has 20 heavy (non-hydrogen) atoms. The standard InChI is InChI=1S/C15H24O4S/c16-15(19-14-7-8-20(17,18)10-14)13-6-5-11-3-1-2-4-12(11)9-13/h11-14H,1-10H2/t11-,12-,13+,14+/m0/s1. The average Bonchev–Trinajstić information content (AvgIpc) is 2.77. The fourth-order valence-electron chi connectivity index (χ4n) is 4.20. The van der Waals surface area contributed by atoms with Gasteiger partial charge in [-0.2, -0.15) is 0 Å². The molecule has 0 N–H and O–H groups in total. The third-order valence-electron chi connectivity index (χ3n) is 5.35. The van der Waals surface area contributed by atoms with Crippen LogP contribution in [-0.2, 0) is 19.4 Å². The maximum absolute atomic E-state index is 12.2. The topological polar surface area (TPSA) is 60.4 Å². The van der Waals surface area contributed by atoms with Crippen LogP contribution >= 0.6 is 0 Å². The molecule has 1 aliphatic heterocycles. The van der Waals surface area contributed by atoms with E-state index in [9.17, 15) is 13.2 Å². The first-order valence-electron chi connectivity index (χ1n) is 7.94. The lowest BCUT2D eigenvalue weighted by atomic mass is 9.67. The zero-order valence-electron chi connectivity index (χ0n) is 11.9. The molecule has 2 saturated carbocycles. The predicted octanol–water partition coefficient (Wildman–Crippen LogP) is 2.32. The quantitative estimate of drug-likeness (QED) is 0.734. The molecule has 3 aliphatic rings. The summed E-state index contributed by atoms with van der Waals surface area (Å²) in [6.07, 6.45) is 8.35. The lowest BCUT2D eigenvalue weighted by Crippen LogP contribution is -2.33. The maximum Gasteiger partial charge on any atom is 0.309 e. The summed E-state index contributed by atoms with van der Waals surface area (Å²) in [4.78, 5) is 12.2. The van der Waals surface area contributed by atoms with Gasteiger partial charge >= 0.3 is 5.97 Å². The monoisotopic (exact) mass is 300 g/mol. The molecule has 0 radical (unpaired) electrons. The first kappa shape index (κ1) is 14.4. The largest absolute Gasteiger partial charge is 0.461 e. The molecule has 1 heterocycles. The normalized spacial score (nSPS) is 40.0. The van der Waals surface area contributed by atoms with E-state index in [1.54, 1.807) is 0 Å². The van der Waals surface area contributed by atoms with Crippen LogP contribution in [-0.4, -0.2) is 32.0 Å². The van der Waals surface area contributed by atoms with Gasteiger partial charge in [0.15, 0.2) is 9.84 Å². The number of carbonyl (C=O) groups is 1. The van der Waals surface area contributed by atoms with Crippen LogP contribution in [0.15, 0.2) is 0 Å². The highest BCUT2D eigenvalue weighted by Gasteiger charge is 2.38. The number of hydrogen-bond acceptors (Lipinski definition) is 4. The first-order valence-corrected chi connectivity index (χ1v) is 9.76. The van der Waals surface area contributed by atoms with Gasteiger partial charge in [0.25, 0.3) is 0 Å². The number of fused-ring (bicyclic) bond motifs is 1. The summed E-state index contributed by atoms with van der Waals surface area (Å²) >= 11 is 0. The van der Waals surface area contributed by atoms with E-state index in [2.05, 4.69) is 0 Å². The Morgan fingerprint density at radius 1 is 0.950 bits per heavy atom. The van der Waals surface area contributed by atoms with E-state index in [0.29, 0.717) is 12.3 Å². The zero-order valence-corrected chi connectivity index (χ0v) is 12.7. The van der Waals surface area contributed by atoms with Gasteiger partial charge in [-0.3, -0.25) is 4.79 Å². The van der Waals surface area contributed by atoms with Crippen molar-refractivity contribution in [1.82, 2.24) is 0 Å². The van der Waals surface area contributed by atoms with Gasteiger partial charge in [0.2, 0.25) is 0 Å². The number of esters is 1. The second-order valence-corrected chi connectivity index (χ2v) is 9.01. The van der Waals surface area contributed by atoms with Gasteiger partial charge in [-0.05, 0) is 37.5 Å². The summed E-state index contributed by atoms with van der Waals surface area (Å²) in [5, 5.41) is 0. The molecule has 1 saturated heterocycles. The fraction of sp³-hybridized carbons (Fsp3) is 0.933. The number of carbonyl (C=O) groups excluding carboxylic acids is 1. The Balaban J connectivity index is 1.53. The van der Waals surface area contributed by atoms with E-state index in [4.69, 9.17) is 4.74 Å². The van der Waals surface area contributed by atoms with Crippen LogP contribution < -0.4 is 0 Å². The van der Waals surface area contributed by atoms with E-state index in [1.807, 2.05) is 0 Å². The highest BCUT2D eigenvalue weighted by Crippen LogP contribution is 2.43. The molecule has 5 heteroatoms. The van der Waals surface area contributed by atoms with Crippen molar-refractivity contribution in [2.45, 2.75) is 57.5 Å². The number of rotatable bonds is 2. The van der Waals surface area contributed by atoms with Crippen LogP contribution in [0.2, 0.25) is 0 Å². The van der Waals surface area contributed by atoms with Crippen molar-refractivity contribution < 1.29 is 17.9 Å². The lowest BCUT2D eigenvalue weighted by Gasteiger charge is -2.38. The van der Waals surface area contributed by atoms with Gasteiger partial charge in [-0.15, -0.1) is 0 Å². The van der Waals surface area contributed by atoms with Crippen molar-refractivity contribution >= 4 is 15.8 Å². The third kappa shape index (κ3) is 3.18. The van der Waals surface area contributed by atoms with Crippen LogP contribution in [0, 0.1) is 17.8 Å². The molecule has 3 fully saturated rings. The second kappa shape index (κ2) is 5.66. The molecule has 3 rings (SSSR count). The average molecular weight is 300 g/mol. The van der Waals surface area contributed by atoms with Gasteiger partial charge in [0.05, 0.1) is 17.4 Å². The minimum absolute atomic E-state index is 0.0117. The molecule has 0 bridgehead atoms. The van der Waals surface area contributed by atoms with E-state index in [-0.39, 0.29) is 23.4 Å². The summed E-state index contributed by atoms with van der Waals surface area (Å²) in [5.74, 6) is 1.58. The first-order chi connectivity index (χ1) is 9.53. The summed E-state index contributed by atoms with van der Waals surface area (Å²) in [7, 11) is -2.97. The molecule has 114 valence electrons. The SMILES string of the molecule is O=C(O[C@@H]1CCS(=O)(=O)C1)[C@@H]1CC[C@@H]2CCCC[C@H]2C1. The van der Waals surface area contributed by atoms with Gasteiger partial charge < -0.3 is 4.74 Å². The molecule has 0 unspecified atom stereocenters. The Labute approximate surface area is 121 Å². The van der Waals surface area contributed by atoms with E-state index >= 15 is 0 Å². The molecule has 4 atom stereocenters. The minimum Gasteiger partial charge on any atom is -0.461 e. The van der Waals surface area contributed by atoms with E-state index in [0.717, 1.165) is 25.2 Å². The molecule has 0 aromatic rings. The number of ether oxygens (including phenoxy) is 1. The second-order valence-electron chi connectivity index (χ2n) is 6.78. The van der Waals surface area contributed by atoms with Crippen molar-refractivity contribution in [3.63, 3.8) is 0 Å². The van der Waals surface area contributed by atoms with Crippen LogP contribution in [0.3, 0.4) is 0 Å². The van der Waals surface area contributed by atoms with Crippen molar-refractivity contribution in [3.05, 3.63) is 0 Å². The van der Waals surface area contributed by atoms with Gasteiger partial charge in [-0.1, -0.05) is 25.7 Å². The molecule has 2 aliphatic carbocycles. The highest BCUT2D eigenvalue weighted by atomic mass is 32.2. The molecule has 0 spiro atoms. The molecule has 0 amide bonds. The van der Waals surface area contributed by atoms with E-state index in [1.165, 1.54) is 25.7 Å². The van der Waals surface area contributed by atoms with Crippen molar-refractivity contribution in [1.29, 1.82) is 0 Å². The maximum atomic E-state index is 12.2. The van der Waals surface area contributed by atoms with Gasteiger partial charge in [-0.25, -0.2) is 8.42 Å². The molecular formula is C15H24O4S. The summed E-state index contributed by atoms with van der Waals surface area (Å²) < 4.78 is 28.2. The van der Waals surface area contributed by atoms with E-state index < -0.39 is 15.9 Å². The summed E-state index contributed by atoms with van der Waals surface area (Å²) in [6, 6.07) is 0. The molecule has 0 aromatic heterocycles. The smallest absolute Gasteiger partial charge is 0.309 e. The Bertz CT molecular complexity index is 470. The van der Waals surface area contributed by atoms with Crippen LogP contribution in [0.1, 0.15) is 51.4 Å². The highest BCUT2D eigenvalue weighted by molar-refractivity contribution is 7.91. The van der Waals surface area contributed by atoms with Crippen molar-refractivity contribution in [2.75, 3.05) is 11.5 Å². The van der Waals surface area contributed by atoms with Gasteiger partial charge in [0.1, 0.15) is 6.10 Å². The Morgan fingerprint density at radius 3 is 2.40 bits per heavy atom. The Morgan fingerprint density at radius 2 is 1.70 bits per heavy atom. The minimum atomic E-state index is -2.97. The number of sulfone groups is 1. The fourth-order valence-corrected chi connectivity index (χ4v) is 5.79. The van der Waals surface area contributed by atoms with Crippen molar-refractivity contribution in [3.8, 4) is 0 Å². The predicted molar refractivity (Wildman–Crippen MR) is 75.9 cm³/mol. The number of hydrogen-bond donors (Lipinski definition) is 0. The Kier molecular flexibility index (Phi) is 4.07. The molecular weight excluding hydrogens is 276 g/mol. The van der Waals surface area contributed by atoms with Crippen LogP contribution in [0.5, 0.6) is 0 Å².